The van der Waals surface area contributed by atoms with Gasteiger partial charge < -0.3 is 15.5 Å². The molecule has 25 heavy (non-hydrogen) atoms. The van der Waals surface area contributed by atoms with E-state index >= 15 is 0 Å². The Bertz CT molecular complexity index is 660. The van der Waals surface area contributed by atoms with Crippen molar-refractivity contribution in [2.24, 2.45) is 11.7 Å². The number of nitrogens with two attached hydrogens (primary N) is 1. The molecule has 2 fully saturated rings. The summed E-state index contributed by atoms with van der Waals surface area (Å²) in [6, 6.07) is 3.03. The predicted octanol–water partition coefficient (Wildman–Crippen LogP) is 1.77. The topological polar surface area (TPSA) is 66.6 Å². The van der Waals surface area contributed by atoms with Gasteiger partial charge in [0.15, 0.2) is 0 Å². The number of halogens is 2. The van der Waals surface area contributed by atoms with E-state index in [-0.39, 0.29) is 23.4 Å². The van der Waals surface area contributed by atoms with Gasteiger partial charge in [0, 0.05) is 44.2 Å². The molecule has 1 saturated heterocycles. The van der Waals surface area contributed by atoms with Crippen LogP contribution in [0.2, 0.25) is 0 Å². The van der Waals surface area contributed by atoms with E-state index in [1.54, 1.807) is 4.90 Å². The first-order valence-corrected chi connectivity index (χ1v) is 8.74. The number of hydrogen-bond acceptors (Lipinski definition) is 3. The summed E-state index contributed by atoms with van der Waals surface area (Å²) in [5, 5.41) is 0. The zero-order valence-corrected chi connectivity index (χ0v) is 14.1. The van der Waals surface area contributed by atoms with Crippen molar-refractivity contribution in [3.63, 3.8) is 0 Å². The van der Waals surface area contributed by atoms with Crippen LogP contribution in [0.3, 0.4) is 0 Å². The zero-order valence-electron chi connectivity index (χ0n) is 14.1. The molecule has 0 spiro atoms. The third kappa shape index (κ3) is 3.98. The lowest BCUT2D eigenvalue weighted by Crippen LogP contribution is -2.52. The maximum absolute atomic E-state index is 13.8. The molecule has 136 valence electrons. The van der Waals surface area contributed by atoms with E-state index in [1.165, 1.54) is 4.90 Å². The molecule has 2 atom stereocenters. The molecule has 2 unspecified atom stereocenters. The highest BCUT2D eigenvalue weighted by atomic mass is 19.1. The lowest BCUT2D eigenvalue weighted by Gasteiger charge is -2.37. The fourth-order valence-corrected chi connectivity index (χ4v) is 3.67. The minimum atomic E-state index is -0.861. The summed E-state index contributed by atoms with van der Waals surface area (Å²) in [4.78, 5) is 28.3. The van der Waals surface area contributed by atoms with E-state index in [0.29, 0.717) is 32.2 Å². The van der Waals surface area contributed by atoms with Gasteiger partial charge in [-0.3, -0.25) is 9.59 Å². The first-order valence-electron chi connectivity index (χ1n) is 8.74. The molecule has 0 radical (unpaired) electrons. The van der Waals surface area contributed by atoms with Crippen molar-refractivity contribution in [1.29, 1.82) is 0 Å². The number of hydrogen-bond donors (Lipinski definition) is 1. The van der Waals surface area contributed by atoms with Crippen LogP contribution in [0.1, 0.15) is 36.0 Å². The number of nitrogens with zero attached hydrogens (tertiary/aromatic N) is 2. The molecule has 1 aliphatic carbocycles. The third-order valence-electron chi connectivity index (χ3n) is 5.10. The van der Waals surface area contributed by atoms with Gasteiger partial charge in [-0.05, 0) is 31.4 Å². The molecule has 1 heterocycles. The van der Waals surface area contributed by atoms with Crippen LogP contribution in [0.5, 0.6) is 0 Å². The lowest BCUT2D eigenvalue weighted by atomic mass is 9.85. The van der Waals surface area contributed by atoms with Gasteiger partial charge in [0.05, 0.1) is 5.56 Å². The zero-order chi connectivity index (χ0) is 18.0. The molecule has 3 rings (SSSR count). The maximum Gasteiger partial charge on any atom is 0.256 e. The lowest BCUT2D eigenvalue weighted by molar-refractivity contribution is -0.138. The molecular weight excluding hydrogens is 328 g/mol. The predicted molar refractivity (Wildman–Crippen MR) is 88.8 cm³/mol. The minimum Gasteiger partial charge on any atom is -0.339 e. The van der Waals surface area contributed by atoms with Gasteiger partial charge in [-0.15, -0.1) is 0 Å². The second kappa shape index (κ2) is 7.47. The molecule has 1 aromatic rings. The monoisotopic (exact) mass is 351 g/mol. The second-order valence-electron chi connectivity index (χ2n) is 6.87. The largest absolute Gasteiger partial charge is 0.339 e. The Kier molecular flexibility index (Phi) is 5.32. The molecule has 2 N–H and O–H groups in total. The SMILES string of the molecule is NC1CCCC(C(=O)N2CCN(C(=O)c3ccc(F)cc3F)CC2)C1. The Labute approximate surface area is 145 Å². The normalized spacial score (nSPS) is 24.3. The van der Waals surface area contributed by atoms with E-state index in [2.05, 4.69) is 0 Å². The second-order valence-corrected chi connectivity index (χ2v) is 6.87. The number of rotatable bonds is 2. The summed E-state index contributed by atoms with van der Waals surface area (Å²) in [6.45, 7) is 1.55. The summed E-state index contributed by atoms with van der Waals surface area (Å²) in [7, 11) is 0. The summed E-state index contributed by atoms with van der Waals surface area (Å²) >= 11 is 0. The number of amides is 2. The Hall–Kier alpha value is -2.02. The first kappa shape index (κ1) is 17.8. The van der Waals surface area contributed by atoms with Crippen LogP contribution in [-0.4, -0.2) is 53.8 Å². The molecular formula is C18H23F2N3O2. The van der Waals surface area contributed by atoms with Crippen molar-refractivity contribution in [2.75, 3.05) is 26.2 Å². The average molecular weight is 351 g/mol. The van der Waals surface area contributed by atoms with Crippen molar-refractivity contribution >= 4 is 11.8 Å². The molecule has 7 heteroatoms. The van der Waals surface area contributed by atoms with Crippen molar-refractivity contribution < 1.29 is 18.4 Å². The Balaban J connectivity index is 1.58. The van der Waals surface area contributed by atoms with Crippen LogP contribution in [0.15, 0.2) is 18.2 Å². The van der Waals surface area contributed by atoms with Gasteiger partial charge in [0.2, 0.25) is 5.91 Å². The molecule has 2 aliphatic rings. The quantitative estimate of drug-likeness (QED) is 0.883. The van der Waals surface area contributed by atoms with Gasteiger partial charge in [0.1, 0.15) is 11.6 Å². The number of carbonyl (C=O) groups excluding carboxylic acids is 2. The fraction of sp³-hybridized carbons (Fsp3) is 0.556. The van der Waals surface area contributed by atoms with Gasteiger partial charge in [0.25, 0.3) is 5.91 Å². The van der Waals surface area contributed by atoms with Crippen molar-refractivity contribution in [3.8, 4) is 0 Å². The van der Waals surface area contributed by atoms with Crippen molar-refractivity contribution in [2.45, 2.75) is 31.7 Å². The Morgan fingerprint density at radius 3 is 2.36 bits per heavy atom. The van der Waals surface area contributed by atoms with Crippen LogP contribution in [0, 0.1) is 17.6 Å². The van der Waals surface area contributed by atoms with Crippen molar-refractivity contribution in [3.05, 3.63) is 35.4 Å². The summed E-state index contributed by atoms with van der Waals surface area (Å²) in [5.74, 6) is -1.96. The maximum atomic E-state index is 13.8. The van der Waals surface area contributed by atoms with Crippen LogP contribution >= 0.6 is 0 Å². The van der Waals surface area contributed by atoms with Gasteiger partial charge in [-0.1, -0.05) is 6.42 Å². The highest BCUT2D eigenvalue weighted by Crippen LogP contribution is 2.25. The number of benzene rings is 1. The molecule has 2 amide bonds. The third-order valence-corrected chi connectivity index (χ3v) is 5.10. The van der Waals surface area contributed by atoms with Gasteiger partial charge in [-0.25, -0.2) is 8.78 Å². The fourth-order valence-electron chi connectivity index (χ4n) is 3.67. The Morgan fingerprint density at radius 2 is 1.72 bits per heavy atom. The molecule has 1 saturated carbocycles. The van der Waals surface area contributed by atoms with Crippen molar-refractivity contribution in [1.82, 2.24) is 9.80 Å². The summed E-state index contributed by atoms with van der Waals surface area (Å²) in [6.07, 6.45) is 3.53. The summed E-state index contributed by atoms with van der Waals surface area (Å²) in [5.41, 5.74) is 5.82. The average Bonchev–Trinajstić information content (AvgIpc) is 2.61. The van der Waals surface area contributed by atoms with Crippen LogP contribution < -0.4 is 5.73 Å². The standard InChI is InChI=1S/C18H23F2N3O2/c19-13-4-5-15(16(20)11-13)18(25)23-8-6-22(7-9-23)17(24)12-2-1-3-14(21)10-12/h4-5,11-12,14H,1-3,6-10,21H2. The molecule has 1 aliphatic heterocycles. The van der Waals surface area contributed by atoms with E-state index in [0.717, 1.165) is 37.8 Å². The molecule has 0 bridgehead atoms. The highest BCUT2D eigenvalue weighted by Gasteiger charge is 2.32. The van der Waals surface area contributed by atoms with E-state index in [4.69, 9.17) is 5.73 Å². The van der Waals surface area contributed by atoms with Crippen LogP contribution in [-0.2, 0) is 4.79 Å². The minimum absolute atomic E-state index is 0.0273. The number of carbonyl (C=O) groups is 2. The number of piperazine rings is 1. The van der Waals surface area contributed by atoms with Gasteiger partial charge in [-0.2, -0.15) is 0 Å². The smallest absolute Gasteiger partial charge is 0.256 e. The van der Waals surface area contributed by atoms with E-state index in [9.17, 15) is 18.4 Å². The molecule has 0 aromatic heterocycles. The highest BCUT2D eigenvalue weighted by molar-refractivity contribution is 5.94. The van der Waals surface area contributed by atoms with E-state index in [1.807, 2.05) is 0 Å². The molecule has 1 aromatic carbocycles. The van der Waals surface area contributed by atoms with E-state index < -0.39 is 17.5 Å². The molecule has 5 nitrogen and oxygen atoms in total. The van der Waals surface area contributed by atoms with Crippen LogP contribution in [0.25, 0.3) is 0 Å². The van der Waals surface area contributed by atoms with Crippen LogP contribution in [0.4, 0.5) is 8.78 Å². The van der Waals surface area contributed by atoms with Gasteiger partial charge >= 0.3 is 0 Å². The summed E-state index contributed by atoms with van der Waals surface area (Å²) < 4.78 is 26.8. The Morgan fingerprint density at radius 1 is 1.04 bits per heavy atom. The first-order chi connectivity index (χ1) is 12.0.